The number of H-pyrrole nitrogens is 1. The fraction of sp³-hybridized carbons (Fsp3) is 0.200. The first-order chi connectivity index (χ1) is 11.2. The van der Waals surface area contributed by atoms with Gasteiger partial charge in [0, 0.05) is 5.82 Å². The number of hydrogen-bond donors (Lipinski definition) is 2. The van der Waals surface area contributed by atoms with Crippen LogP contribution in [0.15, 0.2) is 22.5 Å². The van der Waals surface area contributed by atoms with Crippen molar-refractivity contribution in [1.82, 2.24) is 9.97 Å². The van der Waals surface area contributed by atoms with Crippen molar-refractivity contribution in [1.29, 1.82) is 0 Å². The number of carbonyl (C=O) groups is 1. The molecule has 23 heavy (non-hydrogen) atoms. The van der Waals surface area contributed by atoms with E-state index in [9.17, 15) is 4.79 Å². The molecule has 3 rings (SSSR count). The van der Waals surface area contributed by atoms with Crippen LogP contribution in [0.1, 0.15) is 13.8 Å². The van der Waals surface area contributed by atoms with Gasteiger partial charge in [0.15, 0.2) is 0 Å². The Bertz CT molecular complexity index is 886. The van der Waals surface area contributed by atoms with Crippen LogP contribution in [0.2, 0.25) is 0 Å². The average Bonchev–Trinajstić information content (AvgIpc) is 3.03. The molecule has 0 saturated carbocycles. The fourth-order valence-corrected chi connectivity index (χ4v) is 2.81. The van der Waals surface area contributed by atoms with Crippen molar-refractivity contribution in [3.63, 3.8) is 0 Å². The molecule has 1 aliphatic heterocycles. The second kappa shape index (κ2) is 6.57. The molecule has 3 heterocycles. The molecule has 0 fully saturated rings. The molecule has 0 unspecified atom stereocenters. The van der Waals surface area contributed by atoms with E-state index in [4.69, 9.17) is 0 Å². The Morgan fingerprint density at radius 1 is 1.43 bits per heavy atom. The van der Waals surface area contributed by atoms with Gasteiger partial charge in [0.1, 0.15) is 5.70 Å². The maximum absolute atomic E-state index is 11.5. The minimum atomic E-state index is -0.529. The molecule has 0 bridgehead atoms. The summed E-state index contributed by atoms with van der Waals surface area (Å²) in [7, 11) is 0. The van der Waals surface area contributed by atoms with Gasteiger partial charge in [0.25, 0.3) is 0 Å². The zero-order chi connectivity index (χ0) is 16.2. The predicted octanol–water partition coefficient (Wildman–Crippen LogP) is 3.01. The van der Waals surface area contributed by atoms with E-state index in [-0.39, 0.29) is 0 Å². The summed E-state index contributed by atoms with van der Waals surface area (Å²) in [5.41, 5.74) is 1.52. The number of fused-ring (bicyclic) bond motifs is 1. The zero-order valence-corrected chi connectivity index (χ0v) is 13.5. The highest BCUT2D eigenvalue weighted by Gasteiger charge is 2.11. The summed E-state index contributed by atoms with van der Waals surface area (Å²) in [6, 6.07) is 2.88. The summed E-state index contributed by atoms with van der Waals surface area (Å²) < 4.78 is 0.953. The number of hydrogen-bond acceptors (Lipinski definition) is 4. The molecule has 1 aliphatic rings. The molecule has 2 N–H and O–H groups in total. The molecule has 0 radical (unpaired) electrons. The number of aromatic amines is 1. The zero-order valence-electron chi connectivity index (χ0n) is 12.7. The number of urea groups is 1. The van der Waals surface area contributed by atoms with E-state index in [0.717, 1.165) is 15.7 Å². The minimum absolute atomic E-state index is 0.313. The Morgan fingerprint density at radius 2 is 2.30 bits per heavy atom. The number of carbonyl (C=O) groups excluding carboxylic acids is 1. The van der Waals surface area contributed by atoms with Crippen LogP contribution in [0.25, 0.3) is 22.4 Å². The van der Waals surface area contributed by atoms with Crippen molar-refractivity contribution in [3.05, 3.63) is 38.2 Å². The van der Waals surface area contributed by atoms with Gasteiger partial charge in [0.05, 0.1) is 23.3 Å². The second-order valence-electron chi connectivity index (χ2n) is 4.64. The molecule has 2 aromatic heterocycles. The first kappa shape index (κ1) is 15.2. The summed E-state index contributed by atoms with van der Waals surface area (Å²) in [4.78, 5) is 23.5. The van der Waals surface area contributed by atoms with E-state index in [1.807, 2.05) is 18.4 Å². The lowest BCUT2D eigenvalue weighted by Crippen LogP contribution is -2.18. The third kappa shape index (κ3) is 3.37. The van der Waals surface area contributed by atoms with Crippen LogP contribution < -0.4 is 15.3 Å². The molecule has 8 heteroatoms. The Kier molecular flexibility index (Phi) is 4.33. The quantitative estimate of drug-likeness (QED) is 0.829. The van der Waals surface area contributed by atoms with Crippen LogP contribution in [0, 0.1) is 0 Å². The minimum Gasteiger partial charge on any atom is -0.508 e. The van der Waals surface area contributed by atoms with Gasteiger partial charge in [-0.25, -0.2) is 0 Å². The highest BCUT2D eigenvalue weighted by atomic mass is 32.1. The third-order valence-electron chi connectivity index (χ3n) is 3.07. The van der Waals surface area contributed by atoms with Gasteiger partial charge in [-0.05, 0) is 13.0 Å². The van der Waals surface area contributed by atoms with Crippen molar-refractivity contribution in [2.45, 2.75) is 13.8 Å². The van der Waals surface area contributed by atoms with E-state index >= 15 is 0 Å². The van der Waals surface area contributed by atoms with E-state index < -0.39 is 6.03 Å². The second-order valence-corrected chi connectivity index (χ2v) is 5.52. The number of nitrogens with zero attached hydrogens (tertiary/aromatic N) is 4. The number of rotatable bonds is 2. The van der Waals surface area contributed by atoms with Crippen LogP contribution >= 0.6 is 11.3 Å². The van der Waals surface area contributed by atoms with Gasteiger partial charge in [-0.15, -0.1) is 5.82 Å². The standard InChI is InChI=1S/C15H16N6OS/c1-3-9-8-23-14(18-9)11-7-17-10-5-6-12(20-13(10)19-11)21-15(22)16-4-2/h3,5-8H,4H2,1-2H3,(H3-,16,17,18,19,20,21,22)/p-1. The Morgan fingerprint density at radius 3 is 3.04 bits per heavy atom. The summed E-state index contributed by atoms with van der Waals surface area (Å²) in [6.45, 7) is 4.15. The maximum atomic E-state index is 11.5. The first-order valence-electron chi connectivity index (χ1n) is 7.12. The van der Waals surface area contributed by atoms with Crippen molar-refractivity contribution in [2.24, 2.45) is 4.99 Å². The number of anilines is 1. The molecule has 0 saturated heterocycles. The molecular weight excluding hydrogens is 312 g/mol. The van der Waals surface area contributed by atoms with E-state index in [1.165, 1.54) is 0 Å². The largest absolute Gasteiger partial charge is 0.508 e. The normalized spacial score (nSPS) is 15.8. The van der Waals surface area contributed by atoms with Gasteiger partial charge in [-0.3, -0.25) is 4.99 Å². The van der Waals surface area contributed by atoms with Crippen molar-refractivity contribution in [3.8, 4) is 0 Å². The number of amides is 2. The van der Waals surface area contributed by atoms with Crippen molar-refractivity contribution >= 4 is 52.7 Å². The summed E-state index contributed by atoms with van der Waals surface area (Å²) >= 11 is 1.58. The lowest BCUT2D eigenvalue weighted by atomic mass is 10.3. The van der Waals surface area contributed by atoms with Crippen molar-refractivity contribution < 1.29 is 4.79 Å². The number of aliphatic imine (C=N–C) groups is 1. The molecule has 0 atom stereocenters. The highest BCUT2D eigenvalue weighted by Crippen LogP contribution is 2.31. The number of pyridine rings is 1. The van der Waals surface area contributed by atoms with Crippen LogP contribution in [0.5, 0.6) is 0 Å². The van der Waals surface area contributed by atoms with Crippen LogP contribution in [-0.4, -0.2) is 28.8 Å². The topological polar surface area (TPSA) is 98.3 Å². The average molecular weight is 327 g/mol. The van der Waals surface area contributed by atoms with E-state index in [2.05, 4.69) is 30.9 Å². The fourth-order valence-electron chi connectivity index (χ4n) is 1.96. The van der Waals surface area contributed by atoms with Crippen LogP contribution in [0.3, 0.4) is 0 Å². The number of aromatic nitrogens is 2. The lowest BCUT2D eigenvalue weighted by Gasteiger charge is -2.26. The molecule has 2 amide bonds. The third-order valence-corrected chi connectivity index (χ3v) is 4.00. The van der Waals surface area contributed by atoms with Gasteiger partial charge in [-0.2, -0.15) is 0 Å². The molecule has 2 aromatic rings. The van der Waals surface area contributed by atoms with Gasteiger partial charge in [0.2, 0.25) is 16.7 Å². The van der Waals surface area contributed by atoms with Gasteiger partial charge < -0.3 is 30.7 Å². The predicted molar refractivity (Wildman–Crippen MR) is 94.2 cm³/mol. The SMILES string of the molecule is CC=c1c[s+]c(=C2C=Nc3ccc([N-]C(=O)[N-]CC)nc3N2)[nH]1. The molecule has 0 aliphatic carbocycles. The summed E-state index contributed by atoms with van der Waals surface area (Å²) in [5.74, 6) is 0.879. The summed E-state index contributed by atoms with van der Waals surface area (Å²) in [6.07, 6.45) is 3.74. The molecular formula is C15H15N6OS-. The monoisotopic (exact) mass is 327 g/mol. The number of nitrogens with one attached hydrogen (secondary N) is 2. The number of thiazole rings is 1. The Balaban J connectivity index is 1.90. The van der Waals surface area contributed by atoms with Gasteiger partial charge in [-0.1, -0.05) is 25.6 Å². The Labute approximate surface area is 136 Å². The molecule has 0 spiro atoms. The van der Waals surface area contributed by atoms with Crippen LogP contribution in [0.4, 0.5) is 22.1 Å². The van der Waals surface area contributed by atoms with E-state index in [1.54, 1.807) is 36.6 Å². The Hall–Kier alpha value is -2.74. The van der Waals surface area contributed by atoms with Crippen molar-refractivity contribution in [2.75, 3.05) is 11.9 Å². The van der Waals surface area contributed by atoms with Gasteiger partial charge >= 0.3 is 4.66 Å². The highest BCUT2D eigenvalue weighted by molar-refractivity contribution is 7.07. The van der Waals surface area contributed by atoms with E-state index in [0.29, 0.717) is 23.9 Å². The van der Waals surface area contributed by atoms with Crippen LogP contribution in [-0.2, 0) is 0 Å². The maximum Gasteiger partial charge on any atom is 0.327 e. The summed E-state index contributed by atoms with van der Waals surface area (Å²) in [5, 5.41) is 13.8. The lowest BCUT2D eigenvalue weighted by molar-refractivity contribution is 0.264. The molecule has 118 valence electrons. The first-order valence-corrected chi connectivity index (χ1v) is 8.00. The molecule has 7 nitrogen and oxygen atoms in total. The smallest absolute Gasteiger partial charge is 0.327 e. The molecule has 0 aromatic carbocycles.